The molecule has 0 heterocycles. The zero-order chi connectivity index (χ0) is 19.2. The van der Waals surface area contributed by atoms with Crippen LogP contribution in [0.3, 0.4) is 0 Å². The van der Waals surface area contributed by atoms with Gasteiger partial charge in [0.15, 0.2) is 0 Å². The zero-order valence-electron chi connectivity index (χ0n) is 18.1. The number of hydrogen-bond donors (Lipinski definition) is 0. The molecule has 0 aliphatic rings. The number of halogens is 1. The summed E-state index contributed by atoms with van der Waals surface area (Å²) in [4.78, 5) is 0. The number of unbranched alkanes of at least 4 members (excludes halogenated alkanes) is 8. The maximum atomic E-state index is 2.34. The SMILES string of the molecule is CCCCCCC[N+](CCCCCCC)(c1ccccc1)c1ccccc1.[I-]. The second kappa shape index (κ2) is 15.0. The van der Waals surface area contributed by atoms with E-state index in [-0.39, 0.29) is 24.0 Å². The van der Waals surface area contributed by atoms with Crippen molar-refractivity contribution in [1.29, 1.82) is 0 Å². The van der Waals surface area contributed by atoms with E-state index in [1.807, 2.05) is 0 Å². The first-order valence-electron chi connectivity index (χ1n) is 11.3. The van der Waals surface area contributed by atoms with Crippen molar-refractivity contribution in [1.82, 2.24) is 4.48 Å². The van der Waals surface area contributed by atoms with Crippen molar-refractivity contribution < 1.29 is 24.0 Å². The van der Waals surface area contributed by atoms with Crippen molar-refractivity contribution in [2.24, 2.45) is 0 Å². The second-order valence-corrected chi connectivity index (χ2v) is 7.91. The van der Waals surface area contributed by atoms with Crippen LogP contribution in [0.15, 0.2) is 60.7 Å². The van der Waals surface area contributed by atoms with E-state index in [1.54, 1.807) is 0 Å². The Morgan fingerprint density at radius 1 is 0.500 bits per heavy atom. The lowest BCUT2D eigenvalue weighted by Crippen LogP contribution is -3.00. The lowest BCUT2D eigenvalue weighted by Gasteiger charge is -2.38. The minimum Gasteiger partial charge on any atom is -1.00 e. The van der Waals surface area contributed by atoms with Gasteiger partial charge < -0.3 is 24.0 Å². The van der Waals surface area contributed by atoms with Gasteiger partial charge in [0.2, 0.25) is 0 Å². The van der Waals surface area contributed by atoms with E-state index in [1.165, 1.54) is 88.7 Å². The Kier molecular flexibility index (Phi) is 13.5. The molecule has 0 atom stereocenters. The first kappa shape index (κ1) is 25.2. The third kappa shape index (κ3) is 7.87. The van der Waals surface area contributed by atoms with Crippen molar-refractivity contribution in [3.05, 3.63) is 60.7 Å². The normalized spacial score (nSPS) is 11.2. The van der Waals surface area contributed by atoms with Crippen LogP contribution in [-0.2, 0) is 0 Å². The topological polar surface area (TPSA) is 0 Å². The second-order valence-electron chi connectivity index (χ2n) is 7.91. The van der Waals surface area contributed by atoms with Crippen molar-refractivity contribution >= 4 is 11.4 Å². The van der Waals surface area contributed by atoms with Crippen LogP contribution in [0.25, 0.3) is 0 Å². The van der Waals surface area contributed by atoms with Gasteiger partial charge in [-0.25, -0.2) is 0 Å². The minimum absolute atomic E-state index is 0. The van der Waals surface area contributed by atoms with Crippen LogP contribution < -0.4 is 28.5 Å². The van der Waals surface area contributed by atoms with E-state index in [0.29, 0.717) is 0 Å². The van der Waals surface area contributed by atoms with E-state index in [4.69, 9.17) is 0 Å². The van der Waals surface area contributed by atoms with Crippen molar-refractivity contribution in [3.8, 4) is 0 Å². The zero-order valence-corrected chi connectivity index (χ0v) is 20.2. The lowest BCUT2D eigenvalue weighted by molar-refractivity contribution is -0.00000570. The lowest BCUT2D eigenvalue weighted by atomic mass is 10.1. The van der Waals surface area contributed by atoms with Crippen LogP contribution in [0.5, 0.6) is 0 Å². The van der Waals surface area contributed by atoms with Gasteiger partial charge in [-0.3, -0.25) is 4.48 Å². The fourth-order valence-corrected chi connectivity index (χ4v) is 4.17. The summed E-state index contributed by atoms with van der Waals surface area (Å²) in [5, 5.41) is 0. The molecule has 0 amide bonds. The van der Waals surface area contributed by atoms with Crippen LogP contribution in [0.2, 0.25) is 0 Å². The third-order valence-corrected chi connectivity index (χ3v) is 5.79. The molecule has 1 nitrogen and oxygen atoms in total. The fraction of sp³-hybridized carbons (Fsp3) is 0.538. The molecule has 0 saturated carbocycles. The molecule has 2 heteroatoms. The Morgan fingerprint density at radius 3 is 1.21 bits per heavy atom. The Morgan fingerprint density at radius 2 is 0.857 bits per heavy atom. The van der Waals surface area contributed by atoms with Gasteiger partial charge in [-0.1, -0.05) is 88.8 Å². The number of rotatable bonds is 14. The Hall–Kier alpha value is -0.870. The first-order valence-corrected chi connectivity index (χ1v) is 11.3. The van der Waals surface area contributed by atoms with Crippen LogP contribution in [0, 0.1) is 0 Å². The number of benzene rings is 2. The highest BCUT2D eigenvalue weighted by Crippen LogP contribution is 2.36. The van der Waals surface area contributed by atoms with E-state index in [0.717, 1.165) is 4.48 Å². The monoisotopic (exact) mass is 493 g/mol. The summed E-state index contributed by atoms with van der Waals surface area (Å²) in [6, 6.07) is 22.5. The smallest absolute Gasteiger partial charge is 0.137 e. The van der Waals surface area contributed by atoms with Crippen LogP contribution in [-0.4, -0.2) is 13.1 Å². The Labute approximate surface area is 191 Å². The van der Waals surface area contributed by atoms with Gasteiger partial charge in [0.05, 0.1) is 13.1 Å². The largest absolute Gasteiger partial charge is 1.00 e. The molecule has 2 rings (SSSR count). The molecule has 0 saturated heterocycles. The summed E-state index contributed by atoms with van der Waals surface area (Å²) in [6.07, 6.45) is 13.4. The van der Waals surface area contributed by atoms with Crippen LogP contribution in [0.4, 0.5) is 11.4 Å². The molecule has 28 heavy (non-hydrogen) atoms. The minimum atomic E-state index is 0. The van der Waals surface area contributed by atoms with E-state index in [2.05, 4.69) is 74.5 Å². The first-order chi connectivity index (χ1) is 13.3. The van der Waals surface area contributed by atoms with Gasteiger partial charge in [0.25, 0.3) is 0 Å². The molecule has 0 N–H and O–H groups in total. The maximum Gasteiger partial charge on any atom is 0.137 e. The van der Waals surface area contributed by atoms with Gasteiger partial charge in [-0.15, -0.1) is 0 Å². The van der Waals surface area contributed by atoms with Gasteiger partial charge in [-0.2, -0.15) is 0 Å². The summed E-state index contributed by atoms with van der Waals surface area (Å²) >= 11 is 0. The molecule has 0 aliphatic heterocycles. The molecular weight excluding hydrogens is 453 g/mol. The van der Waals surface area contributed by atoms with E-state index < -0.39 is 0 Å². The average molecular weight is 494 g/mol. The Bertz CT molecular complexity index is 541. The predicted molar refractivity (Wildman–Crippen MR) is 122 cm³/mol. The Balaban J connectivity index is 0.00000392. The molecule has 0 fully saturated rings. The molecule has 0 aromatic heterocycles. The molecule has 156 valence electrons. The van der Waals surface area contributed by atoms with E-state index >= 15 is 0 Å². The fourth-order valence-electron chi connectivity index (χ4n) is 4.17. The third-order valence-electron chi connectivity index (χ3n) is 5.79. The standard InChI is InChI=1S/C26H40N.HI/c1-3-5-7-9-17-23-27(24-18-10-8-6-4-2,25-19-13-11-14-20-25)26-21-15-12-16-22-26;/h11-16,19-22H,3-10,17-18,23-24H2,1-2H3;1H/q+1;/p-1. The molecule has 2 aromatic carbocycles. The molecular formula is C26H40IN. The summed E-state index contributed by atoms with van der Waals surface area (Å²) in [5.74, 6) is 0. The highest BCUT2D eigenvalue weighted by Gasteiger charge is 2.32. The summed E-state index contributed by atoms with van der Waals surface area (Å²) in [5.41, 5.74) is 2.91. The summed E-state index contributed by atoms with van der Waals surface area (Å²) < 4.78 is 1.01. The maximum absolute atomic E-state index is 2.34. The average Bonchev–Trinajstić information content (AvgIpc) is 2.73. The molecule has 0 spiro atoms. The molecule has 0 radical (unpaired) electrons. The van der Waals surface area contributed by atoms with Crippen molar-refractivity contribution in [2.45, 2.75) is 78.1 Å². The summed E-state index contributed by atoms with van der Waals surface area (Å²) in [6.45, 7) is 7.02. The van der Waals surface area contributed by atoms with Crippen molar-refractivity contribution in [2.75, 3.05) is 13.1 Å². The number of quaternary nitrogens is 1. The van der Waals surface area contributed by atoms with Crippen LogP contribution >= 0.6 is 0 Å². The number of hydrogen-bond acceptors (Lipinski definition) is 0. The highest BCUT2D eigenvalue weighted by atomic mass is 127. The molecule has 2 aromatic rings. The molecule has 0 bridgehead atoms. The van der Waals surface area contributed by atoms with Gasteiger partial charge >= 0.3 is 0 Å². The molecule has 0 unspecified atom stereocenters. The van der Waals surface area contributed by atoms with Crippen LogP contribution in [0.1, 0.15) is 78.1 Å². The number of nitrogens with zero attached hydrogens (tertiary/aromatic N) is 1. The highest BCUT2D eigenvalue weighted by molar-refractivity contribution is 5.58. The van der Waals surface area contributed by atoms with Gasteiger partial charge in [0.1, 0.15) is 11.4 Å². The number of para-hydroxylation sites is 2. The van der Waals surface area contributed by atoms with Gasteiger partial charge in [-0.05, 0) is 49.9 Å². The quantitative estimate of drug-likeness (QED) is 0.191. The predicted octanol–water partition coefficient (Wildman–Crippen LogP) is 5.27. The van der Waals surface area contributed by atoms with Crippen molar-refractivity contribution in [3.63, 3.8) is 0 Å². The summed E-state index contributed by atoms with van der Waals surface area (Å²) in [7, 11) is 0. The van der Waals surface area contributed by atoms with E-state index in [9.17, 15) is 0 Å². The molecule has 0 aliphatic carbocycles. The van der Waals surface area contributed by atoms with Gasteiger partial charge in [0, 0.05) is 0 Å².